The molecule has 2 rings (SSSR count). The fourth-order valence-corrected chi connectivity index (χ4v) is 2.26. The highest BCUT2D eigenvalue weighted by atomic mass is 79.9. The van der Waals surface area contributed by atoms with Gasteiger partial charge < -0.3 is 9.84 Å². The maximum Gasteiger partial charge on any atom is 0.153 e. The van der Waals surface area contributed by atoms with Gasteiger partial charge in [-0.3, -0.25) is 4.79 Å². The molecule has 0 atom stereocenters. The molecule has 0 radical (unpaired) electrons. The van der Waals surface area contributed by atoms with Crippen molar-refractivity contribution in [3.05, 3.63) is 21.7 Å². The number of aldehydes is 1. The van der Waals surface area contributed by atoms with Gasteiger partial charge in [-0.05, 0) is 22.0 Å². The molecule has 0 saturated carbocycles. The fourth-order valence-electron chi connectivity index (χ4n) is 1.71. The highest BCUT2D eigenvalue weighted by molar-refractivity contribution is 9.10. The van der Waals surface area contributed by atoms with Crippen molar-refractivity contribution < 1.29 is 14.6 Å². The fraction of sp³-hybridized carbons (Fsp3) is 0.364. The van der Waals surface area contributed by atoms with Gasteiger partial charge >= 0.3 is 0 Å². The maximum atomic E-state index is 10.8. The van der Waals surface area contributed by atoms with Gasteiger partial charge in [0.25, 0.3) is 0 Å². The third-order valence-electron chi connectivity index (χ3n) is 2.66. The van der Waals surface area contributed by atoms with E-state index in [2.05, 4.69) is 15.9 Å². The van der Waals surface area contributed by atoms with Crippen LogP contribution in [0.1, 0.15) is 29.8 Å². The Kier molecular flexibility index (Phi) is 2.26. The van der Waals surface area contributed by atoms with Gasteiger partial charge in [0.15, 0.2) is 6.29 Å². The van der Waals surface area contributed by atoms with E-state index in [0.29, 0.717) is 28.7 Å². The molecule has 1 aliphatic heterocycles. The van der Waals surface area contributed by atoms with E-state index >= 15 is 0 Å². The van der Waals surface area contributed by atoms with Crippen molar-refractivity contribution in [3.8, 4) is 11.5 Å². The second kappa shape index (κ2) is 3.23. The molecular formula is C11H11BrO3. The smallest absolute Gasteiger partial charge is 0.153 e. The van der Waals surface area contributed by atoms with E-state index in [1.165, 1.54) is 0 Å². The number of hydrogen-bond acceptors (Lipinski definition) is 3. The average molecular weight is 271 g/mol. The van der Waals surface area contributed by atoms with Crippen molar-refractivity contribution >= 4 is 22.2 Å². The summed E-state index contributed by atoms with van der Waals surface area (Å²) in [6.07, 6.45) is 0.648. The molecule has 3 nitrogen and oxygen atoms in total. The van der Waals surface area contributed by atoms with Crippen LogP contribution in [0.2, 0.25) is 0 Å². The minimum absolute atomic E-state index is 0.0542. The van der Waals surface area contributed by atoms with Crippen LogP contribution < -0.4 is 4.74 Å². The number of rotatable bonds is 1. The normalized spacial score (nSPS) is 17.0. The summed E-state index contributed by atoms with van der Waals surface area (Å²) in [5.74, 6) is 0.588. The lowest BCUT2D eigenvalue weighted by Crippen LogP contribution is -2.18. The van der Waals surface area contributed by atoms with Crippen LogP contribution in [0.5, 0.6) is 11.5 Å². The van der Waals surface area contributed by atoms with Crippen molar-refractivity contribution in [1.29, 1.82) is 0 Å². The summed E-state index contributed by atoms with van der Waals surface area (Å²) in [6, 6.07) is 1.69. The van der Waals surface area contributed by atoms with Gasteiger partial charge in [0, 0.05) is 11.0 Å². The quantitative estimate of drug-likeness (QED) is 0.799. The van der Waals surface area contributed by atoms with Gasteiger partial charge in [-0.15, -0.1) is 0 Å². The van der Waals surface area contributed by atoms with Gasteiger partial charge in [-0.1, -0.05) is 13.8 Å². The monoisotopic (exact) mass is 270 g/mol. The SMILES string of the molecule is CC1(C)COc2c1cc(C=O)c(O)c2Br. The molecule has 0 fully saturated rings. The first kappa shape index (κ1) is 10.5. The number of carbonyl (C=O) groups is 1. The largest absolute Gasteiger partial charge is 0.506 e. The molecule has 1 aromatic carbocycles. The molecule has 4 heteroatoms. The predicted molar refractivity (Wildman–Crippen MR) is 59.7 cm³/mol. The van der Waals surface area contributed by atoms with Crippen molar-refractivity contribution in [2.24, 2.45) is 0 Å². The second-order valence-corrected chi connectivity index (χ2v) is 5.09. The molecule has 1 N–H and O–H groups in total. The lowest BCUT2D eigenvalue weighted by Gasteiger charge is -2.15. The molecule has 80 valence electrons. The van der Waals surface area contributed by atoms with Crippen LogP contribution in [0.15, 0.2) is 10.5 Å². The van der Waals surface area contributed by atoms with Crippen LogP contribution in [0, 0.1) is 0 Å². The van der Waals surface area contributed by atoms with Crippen LogP contribution in [0.3, 0.4) is 0 Å². The minimum Gasteiger partial charge on any atom is -0.506 e. The van der Waals surface area contributed by atoms with E-state index in [1.807, 2.05) is 13.8 Å². The number of phenols is 1. The van der Waals surface area contributed by atoms with E-state index < -0.39 is 0 Å². The van der Waals surface area contributed by atoms with Gasteiger partial charge in [-0.2, -0.15) is 0 Å². The van der Waals surface area contributed by atoms with E-state index in [0.717, 1.165) is 5.56 Å². The van der Waals surface area contributed by atoms with E-state index in [1.54, 1.807) is 6.07 Å². The molecule has 0 bridgehead atoms. The van der Waals surface area contributed by atoms with Crippen LogP contribution in [0.4, 0.5) is 0 Å². The van der Waals surface area contributed by atoms with Gasteiger partial charge in [-0.25, -0.2) is 0 Å². The summed E-state index contributed by atoms with van der Waals surface area (Å²) in [7, 11) is 0. The average Bonchev–Trinajstić information content (AvgIpc) is 2.48. The number of aromatic hydroxyl groups is 1. The van der Waals surface area contributed by atoms with Crippen molar-refractivity contribution in [2.75, 3.05) is 6.61 Å². The first-order valence-electron chi connectivity index (χ1n) is 4.61. The van der Waals surface area contributed by atoms with Crippen molar-refractivity contribution in [3.63, 3.8) is 0 Å². The Balaban J connectivity index is 2.73. The molecule has 0 aromatic heterocycles. The molecule has 0 saturated heterocycles. The van der Waals surface area contributed by atoms with Crippen molar-refractivity contribution in [2.45, 2.75) is 19.3 Å². The summed E-state index contributed by atoms with van der Waals surface area (Å²) < 4.78 is 5.97. The highest BCUT2D eigenvalue weighted by Gasteiger charge is 2.35. The molecule has 1 aromatic rings. The highest BCUT2D eigenvalue weighted by Crippen LogP contribution is 2.47. The van der Waals surface area contributed by atoms with Gasteiger partial charge in [0.05, 0.1) is 12.2 Å². The summed E-state index contributed by atoms with van der Waals surface area (Å²) in [4.78, 5) is 10.8. The Hall–Kier alpha value is -1.03. The number of phenolic OH excluding ortho intramolecular Hbond substituents is 1. The zero-order valence-electron chi connectivity index (χ0n) is 8.50. The first-order valence-corrected chi connectivity index (χ1v) is 5.40. The summed E-state index contributed by atoms with van der Waals surface area (Å²) in [5, 5.41) is 9.67. The molecule has 1 heterocycles. The molecule has 0 spiro atoms. The Morgan fingerprint density at radius 2 is 2.27 bits per heavy atom. The minimum atomic E-state index is -0.122. The zero-order chi connectivity index (χ0) is 11.2. The topological polar surface area (TPSA) is 46.5 Å². The Labute approximate surface area is 96.2 Å². The van der Waals surface area contributed by atoms with E-state index in [4.69, 9.17) is 4.74 Å². The van der Waals surface area contributed by atoms with E-state index in [9.17, 15) is 9.90 Å². The number of ether oxygens (including phenoxy) is 1. The van der Waals surface area contributed by atoms with Gasteiger partial charge in [0.2, 0.25) is 0 Å². The summed E-state index contributed by atoms with van der Waals surface area (Å²) >= 11 is 3.24. The molecule has 1 aliphatic rings. The predicted octanol–water partition coefficient (Wildman–Crippen LogP) is 2.64. The standard InChI is InChI=1S/C11H11BrO3/c1-11(2)5-15-10-7(11)3-6(4-13)9(14)8(10)12/h3-4,14H,5H2,1-2H3. The van der Waals surface area contributed by atoms with Crippen LogP contribution >= 0.6 is 15.9 Å². The number of benzene rings is 1. The molecule has 0 unspecified atom stereocenters. The van der Waals surface area contributed by atoms with Crippen LogP contribution in [-0.4, -0.2) is 18.0 Å². The lowest BCUT2D eigenvalue weighted by molar-refractivity contribution is 0.112. The van der Waals surface area contributed by atoms with Crippen molar-refractivity contribution in [1.82, 2.24) is 0 Å². The molecule has 15 heavy (non-hydrogen) atoms. The van der Waals surface area contributed by atoms with Crippen LogP contribution in [-0.2, 0) is 5.41 Å². The van der Waals surface area contributed by atoms with E-state index in [-0.39, 0.29) is 11.2 Å². The first-order chi connectivity index (χ1) is 6.97. The third-order valence-corrected chi connectivity index (χ3v) is 3.39. The zero-order valence-corrected chi connectivity index (χ0v) is 10.1. The second-order valence-electron chi connectivity index (χ2n) is 4.30. The number of halogens is 1. The number of hydrogen-bond donors (Lipinski definition) is 1. The number of fused-ring (bicyclic) bond motifs is 1. The number of carbonyl (C=O) groups excluding carboxylic acids is 1. The maximum absolute atomic E-state index is 10.8. The third kappa shape index (κ3) is 1.44. The molecule has 0 amide bonds. The molecule has 0 aliphatic carbocycles. The molecular weight excluding hydrogens is 260 g/mol. The lowest BCUT2D eigenvalue weighted by atomic mass is 9.86. The summed E-state index contributed by atoms with van der Waals surface area (Å²) in [6.45, 7) is 4.64. The Morgan fingerprint density at radius 1 is 1.60 bits per heavy atom. The Morgan fingerprint density at radius 3 is 2.87 bits per heavy atom. The Bertz CT molecular complexity index is 438. The van der Waals surface area contributed by atoms with Crippen LogP contribution in [0.25, 0.3) is 0 Å². The summed E-state index contributed by atoms with van der Waals surface area (Å²) in [5.41, 5.74) is 1.12. The van der Waals surface area contributed by atoms with Gasteiger partial charge in [0.1, 0.15) is 16.0 Å².